The van der Waals surface area contributed by atoms with Crippen LogP contribution in [0.3, 0.4) is 0 Å². The molecule has 1 unspecified atom stereocenters. The van der Waals surface area contributed by atoms with Crippen molar-refractivity contribution in [3.63, 3.8) is 0 Å². The second-order valence-corrected chi connectivity index (χ2v) is 5.43. The molecule has 1 aliphatic rings. The van der Waals surface area contributed by atoms with Crippen molar-refractivity contribution >= 4 is 17.7 Å². The third-order valence-corrected chi connectivity index (χ3v) is 3.94. The molecule has 1 aromatic heterocycles. The first-order valence-electron chi connectivity index (χ1n) is 5.47. The van der Waals surface area contributed by atoms with Crippen molar-refractivity contribution in [2.45, 2.75) is 25.3 Å². The Balaban J connectivity index is 2.30. The predicted octanol–water partition coefficient (Wildman–Crippen LogP) is 1.49. The molecule has 0 aromatic carbocycles. The Kier molecular flexibility index (Phi) is 3.19. The molecule has 0 radical (unpaired) electrons. The molecule has 0 bridgehead atoms. The molecular weight excluding hydrogens is 220 g/mol. The number of carbonyl (C=O) groups excluding carboxylic acids is 1. The van der Waals surface area contributed by atoms with Crippen LogP contribution in [0.5, 0.6) is 0 Å². The lowest BCUT2D eigenvalue weighted by atomic mass is 10.2. The van der Waals surface area contributed by atoms with Crippen molar-refractivity contribution in [1.82, 2.24) is 4.90 Å². The summed E-state index contributed by atoms with van der Waals surface area (Å²) in [4.78, 5) is 13.8. The lowest BCUT2D eigenvalue weighted by Gasteiger charge is -2.27. The van der Waals surface area contributed by atoms with Crippen molar-refractivity contribution in [1.29, 1.82) is 0 Å². The van der Waals surface area contributed by atoms with E-state index < -0.39 is 0 Å². The predicted molar refractivity (Wildman–Crippen MR) is 64.8 cm³/mol. The molecule has 2 heterocycles. The Morgan fingerprint density at radius 1 is 1.56 bits per heavy atom. The molecule has 0 N–H and O–H groups in total. The minimum Gasteiger partial charge on any atom is -0.323 e. The summed E-state index contributed by atoms with van der Waals surface area (Å²) in [6.07, 6.45) is 4.09. The van der Waals surface area contributed by atoms with Crippen molar-refractivity contribution < 1.29 is 9.36 Å². The van der Waals surface area contributed by atoms with Gasteiger partial charge in [-0.3, -0.25) is 4.79 Å². The van der Waals surface area contributed by atoms with Crippen LogP contribution in [0.2, 0.25) is 0 Å². The SMILES string of the molecule is CC(C)N1C(=O)CSC1c1ccc[n+](C)c1. The summed E-state index contributed by atoms with van der Waals surface area (Å²) >= 11 is 1.71. The lowest BCUT2D eigenvalue weighted by molar-refractivity contribution is -0.672. The smallest absolute Gasteiger partial charge is 0.234 e. The molecule has 2 rings (SSSR count). The van der Waals surface area contributed by atoms with Crippen LogP contribution in [0.1, 0.15) is 24.8 Å². The van der Waals surface area contributed by atoms with E-state index in [0.717, 1.165) is 0 Å². The number of hydrogen-bond donors (Lipinski definition) is 0. The average Bonchev–Trinajstić information content (AvgIpc) is 2.60. The lowest BCUT2D eigenvalue weighted by Crippen LogP contribution is -2.36. The van der Waals surface area contributed by atoms with Gasteiger partial charge in [0.15, 0.2) is 12.4 Å². The van der Waals surface area contributed by atoms with Gasteiger partial charge in [0.2, 0.25) is 5.91 Å². The van der Waals surface area contributed by atoms with Crippen LogP contribution in [-0.2, 0) is 11.8 Å². The molecule has 4 heteroatoms. The summed E-state index contributed by atoms with van der Waals surface area (Å²) in [6, 6.07) is 4.38. The van der Waals surface area contributed by atoms with E-state index in [4.69, 9.17) is 0 Å². The number of pyridine rings is 1. The highest BCUT2D eigenvalue weighted by atomic mass is 32.2. The number of nitrogens with zero attached hydrogens (tertiary/aromatic N) is 2. The maximum absolute atomic E-state index is 11.8. The van der Waals surface area contributed by atoms with Crippen LogP contribution in [0.25, 0.3) is 0 Å². The van der Waals surface area contributed by atoms with Crippen LogP contribution in [0.4, 0.5) is 0 Å². The summed E-state index contributed by atoms with van der Waals surface area (Å²) in [5.74, 6) is 0.845. The molecule has 0 saturated carbocycles. The zero-order valence-electron chi connectivity index (χ0n) is 9.88. The zero-order valence-corrected chi connectivity index (χ0v) is 10.7. The third kappa shape index (κ3) is 2.07. The van der Waals surface area contributed by atoms with Gasteiger partial charge in [-0.1, -0.05) is 0 Å². The number of aromatic nitrogens is 1. The van der Waals surface area contributed by atoms with Gasteiger partial charge in [0.25, 0.3) is 0 Å². The van der Waals surface area contributed by atoms with Crippen LogP contribution < -0.4 is 4.57 Å². The first-order valence-corrected chi connectivity index (χ1v) is 6.52. The van der Waals surface area contributed by atoms with Gasteiger partial charge in [-0.15, -0.1) is 11.8 Å². The zero-order chi connectivity index (χ0) is 11.7. The maximum atomic E-state index is 11.8. The molecule has 1 atom stereocenters. The Labute approximate surface area is 100 Å². The topological polar surface area (TPSA) is 24.2 Å². The van der Waals surface area contributed by atoms with Crippen molar-refractivity contribution in [2.24, 2.45) is 7.05 Å². The Morgan fingerprint density at radius 3 is 2.94 bits per heavy atom. The number of carbonyl (C=O) groups is 1. The van der Waals surface area contributed by atoms with Gasteiger partial charge >= 0.3 is 0 Å². The van der Waals surface area contributed by atoms with E-state index in [1.54, 1.807) is 11.8 Å². The highest BCUT2D eigenvalue weighted by Crippen LogP contribution is 2.39. The third-order valence-electron chi connectivity index (χ3n) is 2.71. The van der Waals surface area contributed by atoms with Gasteiger partial charge in [0.05, 0.1) is 5.75 Å². The van der Waals surface area contributed by atoms with Crippen LogP contribution >= 0.6 is 11.8 Å². The molecule has 86 valence electrons. The van der Waals surface area contributed by atoms with Crippen LogP contribution in [0.15, 0.2) is 24.5 Å². The highest BCUT2D eigenvalue weighted by Gasteiger charge is 2.35. The van der Waals surface area contributed by atoms with Crippen LogP contribution in [-0.4, -0.2) is 22.6 Å². The van der Waals surface area contributed by atoms with Crippen molar-refractivity contribution in [3.05, 3.63) is 30.1 Å². The Morgan fingerprint density at radius 2 is 2.31 bits per heavy atom. The van der Waals surface area contributed by atoms with Gasteiger partial charge in [-0.2, -0.15) is 0 Å². The summed E-state index contributed by atoms with van der Waals surface area (Å²) < 4.78 is 2.02. The maximum Gasteiger partial charge on any atom is 0.234 e. The first-order chi connectivity index (χ1) is 7.59. The molecule has 1 saturated heterocycles. The largest absolute Gasteiger partial charge is 0.323 e. The quantitative estimate of drug-likeness (QED) is 0.728. The average molecular weight is 237 g/mol. The summed E-state index contributed by atoms with van der Waals surface area (Å²) in [6.45, 7) is 4.14. The number of rotatable bonds is 2. The molecule has 0 spiro atoms. The monoisotopic (exact) mass is 237 g/mol. The van der Waals surface area contributed by atoms with Gasteiger partial charge in [-0.25, -0.2) is 4.57 Å². The fourth-order valence-corrected chi connectivity index (χ4v) is 3.31. The van der Waals surface area contributed by atoms with E-state index in [2.05, 4.69) is 26.1 Å². The summed E-state index contributed by atoms with van der Waals surface area (Å²) in [5.41, 5.74) is 1.20. The fraction of sp³-hybridized carbons (Fsp3) is 0.500. The minimum absolute atomic E-state index is 0.180. The molecule has 0 aliphatic carbocycles. The molecule has 1 aliphatic heterocycles. The molecule has 3 nitrogen and oxygen atoms in total. The van der Waals surface area contributed by atoms with E-state index in [9.17, 15) is 4.79 Å². The Hall–Kier alpha value is -1.03. The molecule has 16 heavy (non-hydrogen) atoms. The van der Waals surface area contributed by atoms with E-state index in [1.165, 1.54) is 5.56 Å². The van der Waals surface area contributed by atoms with Crippen LogP contribution in [0, 0.1) is 0 Å². The van der Waals surface area contributed by atoms with E-state index >= 15 is 0 Å². The van der Waals surface area contributed by atoms with Gasteiger partial charge in [-0.05, 0) is 19.9 Å². The molecule has 1 aromatic rings. The molecule has 1 fully saturated rings. The number of amides is 1. The summed E-state index contributed by atoms with van der Waals surface area (Å²) in [7, 11) is 2.00. The minimum atomic E-state index is 0.180. The number of hydrogen-bond acceptors (Lipinski definition) is 2. The fourth-order valence-electron chi connectivity index (χ4n) is 2.01. The number of aryl methyl sites for hydroxylation is 1. The second-order valence-electron chi connectivity index (χ2n) is 4.36. The van der Waals surface area contributed by atoms with Crippen molar-refractivity contribution in [3.8, 4) is 0 Å². The van der Waals surface area contributed by atoms with Gasteiger partial charge in [0.1, 0.15) is 12.4 Å². The van der Waals surface area contributed by atoms with E-state index in [-0.39, 0.29) is 17.3 Å². The van der Waals surface area contributed by atoms with E-state index in [0.29, 0.717) is 5.75 Å². The normalized spacial score (nSPS) is 20.9. The van der Waals surface area contributed by atoms with Gasteiger partial charge < -0.3 is 4.90 Å². The first kappa shape index (κ1) is 11.5. The molecule has 1 amide bonds. The Bertz CT molecular complexity index is 406. The molecular formula is C12H17N2OS+. The van der Waals surface area contributed by atoms with E-state index in [1.807, 2.05) is 28.8 Å². The summed E-state index contributed by atoms with van der Waals surface area (Å²) in [5, 5.41) is 0.180. The van der Waals surface area contributed by atoms with Crippen molar-refractivity contribution in [2.75, 3.05) is 5.75 Å². The standard InChI is InChI=1S/C12H17N2OS/c1-9(2)14-11(15)8-16-12(14)10-5-4-6-13(3)7-10/h4-7,9,12H,8H2,1-3H3/q+1. The highest BCUT2D eigenvalue weighted by molar-refractivity contribution is 8.00. The number of thioether (sulfide) groups is 1. The second kappa shape index (κ2) is 4.45. The van der Waals surface area contributed by atoms with Gasteiger partial charge in [0, 0.05) is 17.7 Å².